The molecule has 1 aromatic heterocycles. The Hall–Kier alpha value is -1.63. The third-order valence-corrected chi connectivity index (χ3v) is 2.82. The van der Waals surface area contributed by atoms with E-state index in [-0.39, 0.29) is 17.5 Å². The van der Waals surface area contributed by atoms with Gasteiger partial charge >= 0.3 is 6.01 Å². The standard InChI is InChI=1S/C10H17N5O2/c1-10(3-5-17-6-4-10)15-8-12-7(11)13-9(14-8)16-2/h3-6H2,1-2H3,(H3,11,12,13,14,15). The van der Waals surface area contributed by atoms with Gasteiger partial charge in [0.1, 0.15) is 0 Å². The quantitative estimate of drug-likeness (QED) is 0.790. The first-order valence-corrected chi connectivity index (χ1v) is 5.53. The number of nitrogen functional groups attached to an aromatic ring is 1. The van der Waals surface area contributed by atoms with Gasteiger partial charge in [-0.3, -0.25) is 0 Å². The molecule has 3 N–H and O–H groups in total. The molecule has 0 unspecified atom stereocenters. The van der Waals surface area contributed by atoms with Crippen LogP contribution in [0, 0.1) is 0 Å². The molecule has 1 fully saturated rings. The highest BCUT2D eigenvalue weighted by atomic mass is 16.5. The van der Waals surface area contributed by atoms with Gasteiger partial charge in [0.05, 0.1) is 7.11 Å². The normalized spacial score (nSPS) is 18.7. The molecule has 2 heterocycles. The molecule has 1 saturated heterocycles. The maximum Gasteiger partial charge on any atom is 0.322 e. The fourth-order valence-corrected chi connectivity index (χ4v) is 1.74. The zero-order chi connectivity index (χ0) is 12.3. The second-order valence-corrected chi connectivity index (χ2v) is 4.30. The molecule has 0 aromatic carbocycles. The van der Waals surface area contributed by atoms with Crippen molar-refractivity contribution < 1.29 is 9.47 Å². The van der Waals surface area contributed by atoms with E-state index in [1.807, 2.05) is 0 Å². The number of nitrogens with zero attached hydrogens (tertiary/aromatic N) is 3. The van der Waals surface area contributed by atoms with Gasteiger partial charge in [-0.2, -0.15) is 15.0 Å². The van der Waals surface area contributed by atoms with Gasteiger partial charge < -0.3 is 20.5 Å². The summed E-state index contributed by atoms with van der Waals surface area (Å²) < 4.78 is 10.3. The summed E-state index contributed by atoms with van der Waals surface area (Å²) in [5.74, 6) is 0.591. The lowest BCUT2D eigenvalue weighted by Crippen LogP contribution is -2.41. The van der Waals surface area contributed by atoms with E-state index in [1.54, 1.807) is 0 Å². The van der Waals surface area contributed by atoms with Crippen LogP contribution in [0.1, 0.15) is 19.8 Å². The van der Waals surface area contributed by atoms with Crippen molar-refractivity contribution in [1.82, 2.24) is 15.0 Å². The summed E-state index contributed by atoms with van der Waals surface area (Å²) >= 11 is 0. The lowest BCUT2D eigenvalue weighted by Gasteiger charge is -2.34. The van der Waals surface area contributed by atoms with Crippen LogP contribution in [0.15, 0.2) is 0 Å². The van der Waals surface area contributed by atoms with Crippen molar-refractivity contribution in [2.45, 2.75) is 25.3 Å². The van der Waals surface area contributed by atoms with Crippen LogP contribution in [0.2, 0.25) is 0 Å². The van der Waals surface area contributed by atoms with Crippen LogP contribution in [0.5, 0.6) is 6.01 Å². The van der Waals surface area contributed by atoms with Gasteiger partial charge in [0, 0.05) is 18.8 Å². The number of aromatic nitrogens is 3. The van der Waals surface area contributed by atoms with E-state index in [0.29, 0.717) is 5.95 Å². The minimum atomic E-state index is -0.0724. The molecule has 2 rings (SSSR count). The molecule has 0 aliphatic carbocycles. The van der Waals surface area contributed by atoms with Gasteiger partial charge in [0.25, 0.3) is 0 Å². The van der Waals surface area contributed by atoms with E-state index in [4.69, 9.17) is 15.2 Å². The van der Waals surface area contributed by atoms with Gasteiger partial charge in [-0.1, -0.05) is 0 Å². The number of hydrogen-bond acceptors (Lipinski definition) is 7. The highest BCUT2D eigenvalue weighted by molar-refractivity contribution is 5.35. The van der Waals surface area contributed by atoms with Crippen LogP contribution in [0.25, 0.3) is 0 Å². The van der Waals surface area contributed by atoms with E-state index in [2.05, 4.69) is 27.2 Å². The largest absolute Gasteiger partial charge is 0.467 e. The fourth-order valence-electron chi connectivity index (χ4n) is 1.74. The number of rotatable bonds is 3. The van der Waals surface area contributed by atoms with Crippen LogP contribution in [-0.4, -0.2) is 40.8 Å². The maximum absolute atomic E-state index is 5.58. The number of methoxy groups -OCH3 is 1. The fraction of sp³-hybridized carbons (Fsp3) is 0.700. The molecule has 0 amide bonds. The number of nitrogens with one attached hydrogen (secondary N) is 1. The lowest BCUT2D eigenvalue weighted by molar-refractivity contribution is 0.0656. The average molecular weight is 239 g/mol. The molecular formula is C10H17N5O2. The number of ether oxygens (including phenoxy) is 2. The molecule has 0 saturated carbocycles. The Morgan fingerprint density at radius 3 is 2.65 bits per heavy atom. The Kier molecular flexibility index (Phi) is 3.28. The van der Waals surface area contributed by atoms with Gasteiger partial charge in [-0.25, -0.2) is 0 Å². The van der Waals surface area contributed by atoms with Crippen LogP contribution in [0.4, 0.5) is 11.9 Å². The molecule has 0 atom stereocenters. The second kappa shape index (κ2) is 4.70. The Labute approximate surface area is 99.8 Å². The van der Waals surface area contributed by atoms with Crippen LogP contribution >= 0.6 is 0 Å². The van der Waals surface area contributed by atoms with Crippen molar-refractivity contribution in [1.29, 1.82) is 0 Å². The maximum atomic E-state index is 5.58. The third-order valence-electron chi connectivity index (χ3n) is 2.82. The molecule has 7 nitrogen and oxygen atoms in total. The van der Waals surface area contributed by atoms with Gasteiger partial charge in [0.2, 0.25) is 11.9 Å². The monoisotopic (exact) mass is 239 g/mol. The van der Waals surface area contributed by atoms with E-state index in [9.17, 15) is 0 Å². The van der Waals surface area contributed by atoms with E-state index < -0.39 is 0 Å². The Morgan fingerprint density at radius 1 is 1.29 bits per heavy atom. The molecule has 1 aromatic rings. The number of anilines is 2. The summed E-state index contributed by atoms with van der Waals surface area (Å²) in [5, 5.41) is 3.27. The van der Waals surface area contributed by atoms with Gasteiger partial charge in [-0.15, -0.1) is 0 Å². The summed E-state index contributed by atoms with van der Waals surface area (Å²) in [4.78, 5) is 12.0. The molecule has 94 valence electrons. The first-order valence-electron chi connectivity index (χ1n) is 5.53. The molecule has 0 spiro atoms. The molecule has 0 radical (unpaired) electrons. The predicted octanol–water partition coefficient (Wildman–Crippen LogP) is 0.443. The zero-order valence-electron chi connectivity index (χ0n) is 10.1. The van der Waals surface area contributed by atoms with Crippen molar-refractivity contribution in [2.24, 2.45) is 0 Å². The highest BCUT2D eigenvalue weighted by Crippen LogP contribution is 2.24. The summed E-state index contributed by atoms with van der Waals surface area (Å²) in [6, 6.07) is 0.218. The predicted molar refractivity (Wildman–Crippen MR) is 62.9 cm³/mol. The molecule has 17 heavy (non-hydrogen) atoms. The van der Waals surface area contributed by atoms with Crippen molar-refractivity contribution in [3.63, 3.8) is 0 Å². The molecule has 1 aliphatic rings. The third kappa shape index (κ3) is 2.94. The summed E-state index contributed by atoms with van der Waals surface area (Å²) in [7, 11) is 1.49. The number of nitrogens with two attached hydrogens (primary N) is 1. The smallest absolute Gasteiger partial charge is 0.322 e. The minimum Gasteiger partial charge on any atom is -0.467 e. The van der Waals surface area contributed by atoms with E-state index in [0.717, 1.165) is 26.1 Å². The second-order valence-electron chi connectivity index (χ2n) is 4.30. The van der Waals surface area contributed by atoms with E-state index >= 15 is 0 Å². The van der Waals surface area contributed by atoms with Crippen LogP contribution in [0.3, 0.4) is 0 Å². The summed E-state index contributed by atoms with van der Waals surface area (Å²) in [5.41, 5.74) is 5.50. The van der Waals surface area contributed by atoms with Crippen molar-refractivity contribution in [3.8, 4) is 6.01 Å². The summed E-state index contributed by atoms with van der Waals surface area (Å²) in [6.07, 6.45) is 1.81. The summed E-state index contributed by atoms with van der Waals surface area (Å²) in [6.45, 7) is 3.59. The van der Waals surface area contributed by atoms with Crippen molar-refractivity contribution in [2.75, 3.05) is 31.4 Å². The SMILES string of the molecule is COc1nc(N)nc(NC2(C)CCOCC2)n1. The Morgan fingerprint density at radius 2 is 2.00 bits per heavy atom. The Bertz CT molecular complexity index is 392. The van der Waals surface area contributed by atoms with E-state index in [1.165, 1.54) is 7.11 Å². The molecule has 7 heteroatoms. The Balaban J connectivity index is 2.14. The van der Waals surface area contributed by atoms with Crippen molar-refractivity contribution in [3.05, 3.63) is 0 Å². The first kappa shape index (κ1) is 11.8. The van der Waals surface area contributed by atoms with Crippen LogP contribution in [-0.2, 0) is 4.74 Å². The highest BCUT2D eigenvalue weighted by Gasteiger charge is 2.28. The van der Waals surface area contributed by atoms with Gasteiger partial charge in [0.15, 0.2) is 0 Å². The first-order chi connectivity index (χ1) is 8.11. The van der Waals surface area contributed by atoms with Gasteiger partial charge in [-0.05, 0) is 19.8 Å². The van der Waals surface area contributed by atoms with Crippen molar-refractivity contribution >= 4 is 11.9 Å². The number of hydrogen-bond donors (Lipinski definition) is 2. The van der Waals surface area contributed by atoms with Crippen LogP contribution < -0.4 is 15.8 Å². The minimum absolute atomic E-state index is 0.0724. The lowest BCUT2D eigenvalue weighted by atomic mass is 9.93. The molecule has 1 aliphatic heterocycles. The average Bonchev–Trinajstić information content (AvgIpc) is 2.28. The molecule has 0 bridgehead atoms. The zero-order valence-corrected chi connectivity index (χ0v) is 10.1. The topological polar surface area (TPSA) is 95.2 Å². The molecular weight excluding hydrogens is 222 g/mol.